The summed E-state index contributed by atoms with van der Waals surface area (Å²) in [6, 6.07) is 9.39. The molecule has 0 fully saturated rings. The van der Waals surface area contributed by atoms with Crippen LogP contribution >= 0.6 is 0 Å². The number of imidazole rings is 1. The van der Waals surface area contributed by atoms with Gasteiger partial charge in [-0.2, -0.15) is 13.2 Å². The Morgan fingerprint density at radius 3 is 2.52 bits per heavy atom. The molecule has 0 saturated heterocycles. The Morgan fingerprint density at radius 2 is 1.90 bits per heavy atom. The SMILES string of the molecule is COc1cc(-c2ccc(C(F)(F)F)cc2-n2cncc2C)nc2cc(C(=O)O)ccc12. The van der Waals surface area contributed by atoms with Crippen molar-refractivity contribution < 1.29 is 27.8 Å². The molecule has 0 unspecified atom stereocenters. The van der Waals surface area contributed by atoms with Crippen molar-refractivity contribution in [3.63, 3.8) is 0 Å². The Morgan fingerprint density at radius 1 is 1.13 bits per heavy atom. The number of carbonyl (C=O) groups is 1. The fourth-order valence-electron chi connectivity index (χ4n) is 3.37. The number of methoxy groups -OCH3 is 1. The fraction of sp³-hybridized carbons (Fsp3) is 0.136. The monoisotopic (exact) mass is 427 g/mol. The molecule has 6 nitrogen and oxygen atoms in total. The number of ether oxygens (including phenoxy) is 1. The van der Waals surface area contributed by atoms with Gasteiger partial charge in [0.25, 0.3) is 0 Å². The minimum Gasteiger partial charge on any atom is -0.496 e. The van der Waals surface area contributed by atoms with Crippen molar-refractivity contribution in [2.24, 2.45) is 0 Å². The Labute approximate surface area is 174 Å². The molecule has 2 aromatic carbocycles. The number of carboxylic acids is 1. The summed E-state index contributed by atoms with van der Waals surface area (Å²) in [6.07, 6.45) is -1.56. The molecule has 0 aliphatic heterocycles. The van der Waals surface area contributed by atoms with Crippen molar-refractivity contribution in [3.8, 4) is 22.7 Å². The van der Waals surface area contributed by atoms with E-state index < -0.39 is 17.7 Å². The summed E-state index contributed by atoms with van der Waals surface area (Å²) in [4.78, 5) is 19.9. The summed E-state index contributed by atoms with van der Waals surface area (Å²) in [5.41, 5.74) is 1.22. The molecule has 0 amide bonds. The van der Waals surface area contributed by atoms with Gasteiger partial charge in [0.2, 0.25) is 0 Å². The van der Waals surface area contributed by atoms with E-state index in [-0.39, 0.29) is 11.3 Å². The van der Waals surface area contributed by atoms with Gasteiger partial charge in [-0.15, -0.1) is 0 Å². The third kappa shape index (κ3) is 3.70. The van der Waals surface area contributed by atoms with Gasteiger partial charge in [0, 0.05) is 28.9 Å². The molecule has 0 spiro atoms. The molecule has 4 aromatic rings. The van der Waals surface area contributed by atoms with Crippen LogP contribution in [0.3, 0.4) is 0 Å². The fourth-order valence-corrected chi connectivity index (χ4v) is 3.37. The zero-order valence-corrected chi connectivity index (χ0v) is 16.4. The summed E-state index contributed by atoms with van der Waals surface area (Å²) in [5.74, 6) is -0.692. The van der Waals surface area contributed by atoms with Gasteiger partial charge in [-0.1, -0.05) is 6.07 Å². The molecule has 4 rings (SSSR count). The van der Waals surface area contributed by atoms with Gasteiger partial charge >= 0.3 is 12.1 Å². The highest BCUT2D eigenvalue weighted by molar-refractivity contribution is 5.96. The van der Waals surface area contributed by atoms with Crippen LogP contribution < -0.4 is 4.74 Å². The highest BCUT2D eigenvalue weighted by Crippen LogP contribution is 2.37. The van der Waals surface area contributed by atoms with Crippen molar-refractivity contribution >= 4 is 16.9 Å². The second kappa shape index (κ2) is 7.42. The number of carboxylic acid groups (broad SMARTS) is 1. The zero-order valence-electron chi connectivity index (χ0n) is 16.4. The van der Waals surface area contributed by atoms with Crippen molar-refractivity contribution in [2.75, 3.05) is 7.11 Å². The third-order valence-electron chi connectivity index (χ3n) is 4.92. The molecule has 0 bridgehead atoms. The number of hydrogen-bond acceptors (Lipinski definition) is 4. The molecule has 1 N–H and O–H groups in total. The van der Waals surface area contributed by atoms with E-state index in [1.807, 2.05) is 0 Å². The average Bonchev–Trinajstić information content (AvgIpc) is 3.17. The lowest BCUT2D eigenvalue weighted by molar-refractivity contribution is -0.137. The van der Waals surface area contributed by atoms with Crippen LogP contribution in [0.4, 0.5) is 13.2 Å². The second-order valence-corrected chi connectivity index (χ2v) is 6.88. The highest BCUT2D eigenvalue weighted by atomic mass is 19.4. The van der Waals surface area contributed by atoms with Gasteiger partial charge in [-0.25, -0.2) is 14.8 Å². The van der Waals surface area contributed by atoms with E-state index in [4.69, 9.17) is 4.74 Å². The minimum atomic E-state index is -4.52. The maximum absolute atomic E-state index is 13.4. The summed E-state index contributed by atoms with van der Waals surface area (Å²) in [6.45, 7) is 1.73. The van der Waals surface area contributed by atoms with Crippen LogP contribution in [0.25, 0.3) is 27.8 Å². The third-order valence-corrected chi connectivity index (χ3v) is 4.92. The van der Waals surface area contributed by atoms with E-state index in [2.05, 4.69) is 9.97 Å². The van der Waals surface area contributed by atoms with Crippen molar-refractivity contribution in [2.45, 2.75) is 13.1 Å². The van der Waals surface area contributed by atoms with Gasteiger partial charge in [0.1, 0.15) is 5.75 Å². The Kier molecular flexibility index (Phi) is 4.88. The summed E-state index contributed by atoms with van der Waals surface area (Å²) >= 11 is 0. The van der Waals surface area contributed by atoms with E-state index in [9.17, 15) is 23.1 Å². The van der Waals surface area contributed by atoms with Crippen molar-refractivity contribution in [3.05, 3.63) is 71.8 Å². The number of aryl methyl sites for hydroxylation is 1. The first-order valence-electron chi connectivity index (χ1n) is 9.12. The summed E-state index contributed by atoms with van der Waals surface area (Å²) in [7, 11) is 1.46. The zero-order chi connectivity index (χ0) is 22.3. The molecule has 9 heteroatoms. The first kappa shape index (κ1) is 20.4. The molecule has 0 aliphatic carbocycles. The molecular formula is C22H16F3N3O3. The molecular weight excluding hydrogens is 411 g/mol. The Bertz CT molecular complexity index is 1310. The predicted octanol–water partition coefficient (Wildman–Crippen LogP) is 5.12. The lowest BCUT2D eigenvalue weighted by Gasteiger charge is -2.16. The van der Waals surface area contributed by atoms with Gasteiger partial charge < -0.3 is 14.4 Å². The smallest absolute Gasteiger partial charge is 0.416 e. The molecule has 158 valence electrons. The molecule has 0 saturated carbocycles. The van der Waals surface area contributed by atoms with Crippen LogP contribution in [-0.4, -0.2) is 32.7 Å². The Balaban J connectivity index is 2.00. The number of hydrogen-bond donors (Lipinski definition) is 1. The number of rotatable bonds is 4. The largest absolute Gasteiger partial charge is 0.496 e. The standard InChI is InChI=1S/C22H16F3N3O3/c1-12-10-26-11-28(12)19-8-14(22(23,24)25)4-6-15(19)18-9-20(31-2)16-5-3-13(21(29)30)7-17(16)27-18/h3-11H,1-2H3,(H,29,30). The number of pyridine rings is 1. The molecule has 0 atom stereocenters. The number of nitrogens with zero attached hydrogens (tertiary/aromatic N) is 3. The van der Waals surface area contributed by atoms with E-state index in [1.165, 1.54) is 42.4 Å². The summed E-state index contributed by atoms with van der Waals surface area (Å²) < 4.78 is 47.1. The predicted molar refractivity (Wildman–Crippen MR) is 108 cm³/mol. The van der Waals surface area contributed by atoms with Crippen LogP contribution in [0.2, 0.25) is 0 Å². The van der Waals surface area contributed by atoms with Crippen LogP contribution in [0.1, 0.15) is 21.6 Å². The van der Waals surface area contributed by atoms with E-state index in [0.717, 1.165) is 12.1 Å². The van der Waals surface area contributed by atoms with Crippen molar-refractivity contribution in [1.29, 1.82) is 0 Å². The maximum atomic E-state index is 13.4. The molecule has 2 aromatic heterocycles. The van der Waals surface area contributed by atoms with E-state index in [0.29, 0.717) is 33.6 Å². The minimum absolute atomic E-state index is 0.0392. The van der Waals surface area contributed by atoms with Crippen LogP contribution in [0, 0.1) is 6.92 Å². The number of benzene rings is 2. The van der Waals surface area contributed by atoms with Gasteiger partial charge in [0.05, 0.1) is 41.5 Å². The van der Waals surface area contributed by atoms with Gasteiger partial charge in [0.15, 0.2) is 0 Å². The Hall–Kier alpha value is -3.88. The molecule has 0 aliphatic rings. The number of aromatic carboxylic acids is 1. The highest BCUT2D eigenvalue weighted by Gasteiger charge is 2.31. The second-order valence-electron chi connectivity index (χ2n) is 6.88. The summed E-state index contributed by atoms with van der Waals surface area (Å²) in [5, 5.41) is 9.87. The topological polar surface area (TPSA) is 77.2 Å². The number of fused-ring (bicyclic) bond motifs is 1. The quantitative estimate of drug-likeness (QED) is 0.489. The first-order chi connectivity index (χ1) is 14.7. The van der Waals surface area contributed by atoms with Crippen molar-refractivity contribution in [1.82, 2.24) is 14.5 Å². The normalized spacial score (nSPS) is 11.6. The molecule has 0 radical (unpaired) electrons. The molecule has 31 heavy (non-hydrogen) atoms. The number of halogens is 3. The number of alkyl halides is 3. The molecule has 2 heterocycles. The van der Waals surface area contributed by atoms with Gasteiger partial charge in [-0.3, -0.25) is 0 Å². The van der Waals surface area contributed by atoms with Crippen LogP contribution in [0.15, 0.2) is 55.0 Å². The van der Waals surface area contributed by atoms with Crippen LogP contribution in [-0.2, 0) is 6.18 Å². The average molecular weight is 427 g/mol. The number of aromatic nitrogens is 3. The van der Waals surface area contributed by atoms with E-state index in [1.54, 1.807) is 19.1 Å². The van der Waals surface area contributed by atoms with Gasteiger partial charge in [-0.05, 0) is 37.3 Å². The lowest BCUT2D eigenvalue weighted by atomic mass is 10.0. The lowest BCUT2D eigenvalue weighted by Crippen LogP contribution is -2.08. The van der Waals surface area contributed by atoms with E-state index >= 15 is 0 Å². The maximum Gasteiger partial charge on any atom is 0.416 e. The van der Waals surface area contributed by atoms with Crippen LogP contribution in [0.5, 0.6) is 5.75 Å². The first-order valence-corrected chi connectivity index (χ1v) is 9.12.